The second-order valence-electron chi connectivity index (χ2n) is 2.77. The number of methoxy groups -OCH3 is 1. The monoisotopic (exact) mass is 165 g/mol. The van der Waals surface area contributed by atoms with Crippen LogP contribution in [0.5, 0.6) is 0 Å². The van der Waals surface area contributed by atoms with E-state index in [2.05, 4.69) is 13.0 Å². The van der Waals surface area contributed by atoms with Gasteiger partial charge in [-0.3, -0.25) is 0 Å². The Kier molecular flexibility index (Phi) is 3.11. The standard InChI is InChI=1S/C10H15NO/c1-3-9-8(7-12-2)5-4-6-10(9)11/h4-6H,3,7,11H2,1-2H3. The number of nitrogen functional groups attached to an aromatic ring is 1. The van der Waals surface area contributed by atoms with E-state index in [0.717, 1.165) is 12.1 Å². The Bertz CT molecular complexity index is 258. The largest absolute Gasteiger partial charge is 0.398 e. The van der Waals surface area contributed by atoms with Gasteiger partial charge in [-0.1, -0.05) is 19.1 Å². The summed E-state index contributed by atoms with van der Waals surface area (Å²) in [5.74, 6) is 0. The van der Waals surface area contributed by atoms with Gasteiger partial charge in [0.2, 0.25) is 0 Å². The predicted octanol–water partition coefficient (Wildman–Crippen LogP) is 1.98. The van der Waals surface area contributed by atoms with Crippen LogP contribution >= 0.6 is 0 Å². The number of ether oxygens (including phenoxy) is 1. The van der Waals surface area contributed by atoms with Crippen LogP contribution in [-0.2, 0) is 17.8 Å². The fraction of sp³-hybridized carbons (Fsp3) is 0.400. The van der Waals surface area contributed by atoms with Gasteiger partial charge >= 0.3 is 0 Å². The first kappa shape index (κ1) is 9.07. The van der Waals surface area contributed by atoms with Crippen LogP contribution in [-0.4, -0.2) is 7.11 Å². The number of rotatable bonds is 3. The minimum atomic E-state index is 0.647. The molecule has 0 aliphatic carbocycles. The van der Waals surface area contributed by atoms with Crippen molar-refractivity contribution in [1.29, 1.82) is 0 Å². The minimum absolute atomic E-state index is 0.647. The molecule has 66 valence electrons. The molecule has 0 amide bonds. The molecule has 0 radical (unpaired) electrons. The average molecular weight is 165 g/mol. The lowest BCUT2D eigenvalue weighted by Crippen LogP contribution is -1.99. The molecule has 0 saturated heterocycles. The smallest absolute Gasteiger partial charge is 0.0716 e. The van der Waals surface area contributed by atoms with Gasteiger partial charge < -0.3 is 10.5 Å². The molecule has 0 aliphatic heterocycles. The first-order chi connectivity index (χ1) is 5.79. The lowest BCUT2D eigenvalue weighted by molar-refractivity contribution is 0.184. The Labute approximate surface area is 73.3 Å². The summed E-state index contributed by atoms with van der Waals surface area (Å²) in [5.41, 5.74) is 9.08. The highest BCUT2D eigenvalue weighted by Gasteiger charge is 2.02. The molecule has 0 spiro atoms. The van der Waals surface area contributed by atoms with Gasteiger partial charge in [0.05, 0.1) is 6.61 Å². The summed E-state index contributed by atoms with van der Waals surface area (Å²) in [6, 6.07) is 5.94. The third-order valence-corrected chi connectivity index (χ3v) is 1.96. The lowest BCUT2D eigenvalue weighted by atomic mass is 10.0. The van der Waals surface area contributed by atoms with Crippen LogP contribution in [0.2, 0.25) is 0 Å². The van der Waals surface area contributed by atoms with Crippen molar-refractivity contribution in [3.63, 3.8) is 0 Å². The molecule has 0 saturated carbocycles. The van der Waals surface area contributed by atoms with Gasteiger partial charge in [0, 0.05) is 12.8 Å². The van der Waals surface area contributed by atoms with Gasteiger partial charge in [0.15, 0.2) is 0 Å². The quantitative estimate of drug-likeness (QED) is 0.695. The molecule has 1 aromatic rings. The normalized spacial score (nSPS) is 10.2. The van der Waals surface area contributed by atoms with Crippen LogP contribution in [0.4, 0.5) is 5.69 Å². The van der Waals surface area contributed by atoms with Crippen LogP contribution < -0.4 is 5.73 Å². The number of hydrogen-bond acceptors (Lipinski definition) is 2. The van der Waals surface area contributed by atoms with Crippen molar-refractivity contribution < 1.29 is 4.74 Å². The van der Waals surface area contributed by atoms with E-state index in [4.69, 9.17) is 10.5 Å². The minimum Gasteiger partial charge on any atom is -0.398 e. The van der Waals surface area contributed by atoms with Crippen molar-refractivity contribution in [2.24, 2.45) is 0 Å². The molecule has 0 bridgehead atoms. The SMILES string of the molecule is CCc1c(N)cccc1COC. The van der Waals surface area contributed by atoms with Crippen LogP contribution in [0.15, 0.2) is 18.2 Å². The molecule has 2 N–H and O–H groups in total. The van der Waals surface area contributed by atoms with Gasteiger partial charge in [0.1, 0.15) is 0 Å². The summed E-state index contributed by atoms with van der Waals surface area (Å²) in [7, 11) is 1.70. The zero-order valence-electron chi connectivity index (χ0n) is 7.63. The van der Waals surface area contributed by atoms with E-state index >= 15 is 0 Å². The third kappa shape index (κ3) is 1.77. The summed E-state index contributed by atoms with van der Waals surface area (Å²) in [6.07, 6.45) is 0.964. The molecule has 2 nitrogen and oxygen atoms in total. The first-order valence-electron chi connectivity index (χ1n) is 4.14. The second-order valence-corrected chi connectivity index (χ2v) is 2.77. The van der Waals surface area contributed by atoms with Crippen molar-refractivity contribution in [3.05, 3.63) is 29.3 Å². The van der Waals surface area contributed by atoms with E-state index in [1.165, 1.54) is 11.1 Å². The number of hydrogen-bond donors (Lipinski definition) is 1. The number of anilines is 1. The predicted molar refractivity (Wildman–Crippen MR) is 50.9 cm³/mol. The van der Waals surface area contributed by atoms with Crippen LogP contribution in [0.1, 0.15) is 18.1 Å². The van der Waals surface area contributed by atoms with Crippen LogP contribution in [0.3, 0.4) is 0 Å². The van der Waals surface area contributed by atoms with E-state index in [0.29, 0.717) is 6.61 Å². The third-order valence-electron chi connectivity index (χ3n) is 1.96. The molecule has 0 heterocycles. The molecule has 0 unspecified atom stereocenters. The maximum absolute atomic E-state index is 5.81. The highest BCUT2D eigenvalue weighted by Crippen LogP contribution is 2.17. The lowest BCUT2D eigenvalue weighted by Gasteiger charge is -2.08. The topological polar surface area (TPSA) is 35.2 Å². The van der Waals surface area contributed by atoms with E-state index in [1.807, 2.05) is 12.1 Å². The highest BCUT2D eigenvalue weighted by atomic mass is 16.5. The fourth-order valence-corrected chi connectivity index (χ4v) is 1.38. The van der Waals surface area contributed by atoms with Gasteiger partial charge in [-0.15, -0.1) is 0 Å². The maximum atomic E-state index is 5.81. The zero-order chi connectivity index (χ0) is 8.97. The molecule has 12 heavy (non-hydrogen) atoms. The van der Waals surface area contributed by atoms with Gasteiger partial charge in [0.25, 0.3) is 0 Å². The van der Waals surface area contributed by atoms with E-state index < -0.39 is 0 Å². The van der Waals surface area contributed by atoms with E-state index in [1.54, 1.807) is 7.11 Å². The van der Waals surface area contributed by atoms with Crippen molar-refractivity contribution in [2.45, 2.75) is 20.0 Å². The highest BCUT2D eigenvalue weighted by molar-refractivity contribution is 5.50. The summed E-state index contributed by atoms with van der Waals surface area (Å²) in [6.45, 7) is 2.75. The van der Waals surface area contributed by atoms with Crippen molar-refractivity contribution in [1.82, 2.24) is 0 Å². The molecule has 0 fully saturated rings. The Morgan fingerprint density at radius 2 is 2.17 bits per heavy atom. The van der Waals surface area contributed by atoms with Gasteiger partial charge in [-0.25, -0.2) is 0 Å². The van der Waals surface area contributed by atoms with Crippen molar-refractivity contribution >= 4 is 5.69 Å². The second kappa shape index (κ2) is 4.12. The zero-order valence-corrected chi connectivity index (χ0v) is 7.63. The summed E-state index contributed by atoms with van der Waals surface area (Å²) in [5, 5.41) is 0. The molecular weight excluding hydrogens is 150 g/mol. The molecule has 2 heteroatoms. The van der Waals surface area contributed by atoms with Gasteiger partial charge in [-0.2, -0.15) is 0 Å². The number of benzene rings is 1. The molecule has 0 atom stereocenters. The van der Waals surface area contributed by atoms with E-state index in [9.17, 15) is 0 Å². The molecule has 0 aliphatic rings. The Hall–Kier alpha value is -1.02. The summed E-state index contributed by atoms with van der Waals surface area (Å²) < 4.78 is 5.07. The molecule has 0 aromatic heterocycles. The Balaban J connectivity index is 3.00. The van der Waals surface area contributed by atoms with Crippen molar-refractivity contribution in [2.75, 3.05) is 12.8 Å². The van der Waals surface area contributed by atoms with Crippen molar-refractivity contribution in [3.8, 4) is 0 Å². The van der Waals surface area contributed by atoms with Gasteiger partial charge in [-0.05, 0) is 23.6 Å². The molecular formula is C10H15NO. The maximum Gasteiger partial charge on any atom is 0.0716 e. The Morgan fingerprint density at radius 1 is 1.42 bits per heavy atom. The Morgan fingerprint density at radius 3 is 2.75 bits per heavy atom. The summed E-state index contributed by atoms with van der Waals surface area (Å²) >= 11 is 0. The number of nitrogens with two attached hydrogens (primary N) is 1. The van der Waals surface area contributed by atoms with Crippen LogP contribution in [0.25, 0.3) is 0 Å². The van der Waals surface area contributed by atoms with E-state index in [-0.39, 0.29) is 0 Å². The summed E-state index contributed by atoms with van der Waals surface area (Å²) in [4.78, 5) is 0. The molecule has 1 aromatic carbocycles. The van der Waals surface area contributed by atoms with Crippen LogP contribution in [0, 0.1) is 0 Å². The fourth-order valence-electron chi connectivity index (χ4n) is 1.38. The average Bonchev–Trinajstić information content (AvgIpc) is 2.05. The first-order valence-corrected chi connectivity index (χ1v) is 4.14. The molecule has 1 rings (SSSR count).